The number of ether oxygens (including phenoxy) is 1. The Bertz CT molecular complexity index is 225. The molecule has 0 aromatic carbocycles. The third-order valence-corrected chi connectivity index (χ3v) is 1.06. The van der Waals surface area contributed by atoms with E-state index in [4.69, 9.17) is 24.4 Å². The van der Waals surface area contributed by atoms with Crippen LogP contribution in [0.2, 0.25) is 0 Å². The predicted octanol–water partition coefficient (Wildman–Crippen LogP) is -0.442. The van der Waals surface area contributed by atoms with Crippen LogP contribution in [0.5, 0.6) is 0 Å². The van der Waals surface area contributed by atoms with Crippen LogP contribution in [0.3, 0.4) is 0 Å². The summed E-state index contributed by atoms with van der Waals surface area (Å²) in [5, 5.41) is 8.89. The summed E-state index contributed by atoms with van der Waals surface area (Å²) < 4.78 is 13.4. The van der Waals surface area contributed by atoms with E-state index in [2.05, 4.69) is 11.3 Å². The van der Waals surface area contributed by atoms with Gasteiger partial charge in [0.25, 0.3) is 0 Å². The van der Waals surface area contributed by atoms with Crippen LogP contribution in [0.25, 0.3) is 0 Å². The molecule has 0 aliphatic carbocycles. The Morgan fingerprint density at radius 1 is 1.53 bits per heavy atom. The van der Waals surface area contributed by atoms with Crippen molar-refractivity contribution in [3.05, 3.63) is 12.7 Å². The van der Waals surface area contributed by atoms with E-state index in [1.54, 1.807) is 0 Å². The second-order valence-electron chi connectivity index (χ2n) is 2.41. The summed E-state index contributed by atoms with van der Waals surface area (Å²) in [6, 6.07) is 0. The number of carbonyl (C=O) groups excluding carboxylic acids is 1. The van der Waals surface area contributed by atoms with E-state index in [1.807, 2.05) is 6.92 Å². The fourth-order valence-electron chi connectivity index (χ4n) is 0.355. The van der Waals surface area contributed by atoms with Crippen LogP contribution >= 0.6 is 7.82 Å². The van der Waals surface area contributed by atoms with Gasteiger partial charge in [-0.2, -0.15) is 0 Å². The Morgan fingerprint density at radius 3 is 2.20 bits per heavy atom. The minimum atomic E-state index is -4.64. The van der Waals surface area contributed by atoms with E-state index in [9.17, 15) is 4.79 Å². The first-order valence-electron chi connectivity index (χ1n) is 3.96. The van der Waals surface area contributed by atoms with Gasteiger partial charge in [-0.05, 0) is 6.42 Å². The number of phosphoric acid groups is 1. The number of aliphatic hydroxyl groups is 1. The van der Waals surface area contributed by atoms with Crippen molar-refractivity contribution in [2.24, 2.45) is 0 Å². The Hall–Kier alpha value is -0.720. The van der Waals surface area contributed by atoms with E-state index in [0.717, 1.165) is 6.08 Å². The molecule has 0 amide bonds. The molecule has 90 valence electrons. The molecule has 1 unspecified atom stereocenters. The molecular weight excluding hydrogens is 227 g/mol. The number of hydrogen-bond donors (Lipinski definition) is 4. The first-order valence-corrected chi connectivity index (χ1v) is 5.52. The fraction of sp³-hybridized carbons (Fsp3) is 0.571. The maximum Gasteiger partial charge on any atom is 0.466 e. The van der Waals surface area contributed by atoms with Crippen molar-refractivity contribution in [2.45, 2.75) is 19.4 Å². The van der Waals surface area contributed by atoms with Crippen LogP contribution in [-0.2, 0) is 14.1 Å². The Balaban J connectivity index is 0. The maximum atomic E-state index is 10.4. The molecule has 15 heavy (non-hydrogen) atoms. The van der Waals surface area contributed by atoms with E-state index in [0.29, 0.717) is 6.42 Å². The lowest BCUT2D eigenvalue weighted by atomic mass is 10.3. The van der Waals surface area contributed by atoms with E-state index < -0.39 is 19.9 Å². The zero-order valence-corrected chi connectivity index (χ0v) is 9.13. The quantitative estimate of drug-likeness (QED) is 0.299. The lowest BCUT2D eigenvalue weighted by molar-refractivity contribution is -0.140. The monoisotopic (exact) mass is 242 g/mol. The number of hydrogen-bond acceptors (Lipinski definition) is 4. The van der Waals surface area contributed by atoms with Crippen LogP contribution in [0.4, 0.5) is 0 Å². The molecule has 7 nitrogen and oxygen atoms in total. The average Bonchev–Trinajstić information content (AvgIpc) is 2.10. The van der Waals surface area contributed by atoms with E-state index in [1.165, 1.54) is 0 Å². The van der Waals surface area contributed by atoms with Crippen molar-refractivity contribution < 1.29 is 33.9 Å². The minimum Gasteiger partial charge on any atom is -0.460 e. The molecule has 0 radical (unpaired) electrons. The predicted molar refractivity (Wildman–Crippen MR) is 51.7 cm³/mol. The Morgan fingerprint density at radius 2 is 1.93 bits per heavy atom. The number of aliphatic hydroxyl groups excluding tert-OH is 1. The summed E-state index contributed by atoms with van der Waals surface area (Å²) in [4.78, 5) is 31.9. The lowest BCUT2D eigenvalue weighted by Crippen LogP contribution is -2.16. The summed E-state index contributed by atoms with van der Waals surface area (Å²) in [6.07, 6.45) is 1.11. The zero-order valence-electron chi connectivity index (χ0n) is 8.24. The van der Waals surface area contributed by atoms with Gasteiger partial charge in [0.05, 0.1) is 6.10 Å². The molecule has 0 heterocycles. The molecular formula is C7H15O7P. The van der Waals surface area contributed by atoms with Crippen LogP contribution < -0.4 is 0 Å². The molecule has 0 aromatic heterocycles. The van der Waals surface area contributed by atoms with Gasteiger partial charge in [-0.25, -0.2) is 9.36 Å². The smallest absolute Gasteiger partial charge is 0.460 e. The number of esters is 1. The molecule has 0 aromatic rings. The molecule has 0 aliphatic rings. The zero-order chi connectivity index (χ0) is 12.5. The van der Waals surface area contributed by atoms with Crippen molar-refractivity contribution in [2.75, 3.05) is 6.61 Å². The van der Waals surface area contributed by atoms with Gasteiger partial charge in [-0.15, -0.1) is 0 Å². The summed E-state index contributed by atoms with van der Waals surface area (Å²) >= 11 is 0. The van der Waals surface area contributed by atoms with Crippen molar-refractivity contribution in [1.82, 2.24) is 0 Å². The molecule has 1 atom stereocenters. The molecule has 0 saturated carbocycles. The molecule has 0 fully saturated rings. The average molecular weight is 242 g/mol. The lowest BCUT2D eigenvalue weighted by Gasteiger charge is -2.05. The Labute approximate surface area is 87.2 Å². The standard InChI is InChI=1S/C7H12O3.H3O4P/c1-3-6(8)5-10-7(9)4-2;1-5(2,3)4/h4,6,8H,2-3,5H2,1H3;(H3,1,2,3,4). The molecule has 0 bridgehead atoms. The van der Waals surface area contributed by atoms with Gasteiger partial charge in [0.15, 0.2) is 0 Å². The molecule has 0 spiro atoms. The summed E-state index contributed by atoms with van der Waals surface area (Å²) in [5.74, 6) is -0.493. The first-order chi connectivity index (χ1) is 6.70. The topological polar surface area (TPSA) is 124 Å². The van der Waals surface area contributed by atoms with Crippen LogP contribution in [0.15, 0.2) is 12.7 Å². The van der Waals surface area contributed by atoms with Gasteiger partial charge in [0.1, 0.15) is 6.61 Å². The SMILES string of the molecule is C=CC(=O)OCC(O)CC.O=P(O)(O)O. The van der Waals surface area contributed by atoms with Crippen LogP contribution in [-0.4, -0.2) is 38.5 Å². The van der Waals surface area contributed by atoms with Crippen molar-refractivity contribution in [3.8, 4) is 0 Å². The second kappa shape index (κ2) is 8.58. The van der Waals surface area contributed by atoms with Crippen molar-refractivity contribution in [3.63, 3.8) is 0 Å². The van der Waals surface area contributed by atoms with Gasteiger partial charge >= 0.3 is 13.8 Å². The van der Waals surface area contributed by atoms with Gasteiger partial charge in [-0.1, -0.05) is 13.5 Å². The van der Waals surface area contributed by atoms with Gasteiger partial charge in [0, 0.05) is 6.08 Å². The molecule has 0 rings (SSSR count). The highest BCUT2D eigenvalue weighted by molar-refractivity contribution is 7.45. The number of rotatable bonds is 4. The van der Waals surface area contributed by atoms with E-state index >= 15 is 0 Å². The van der Waals surface area contributed by atoms with Crippen molar-refractivity contribution in [1.29, 1.82) is 0 Å². The summed E-state index contributed by atoms with van der Waals surface area (Å²) in [7, 11) is -4.64. The molecule has 8 heteroatoms. The molecule has 0 saturated heterocycles. The molecule has 4 N–H and O–H groups in total. The third-order valence-electron chi connectivity index (χ3n) is 1.06. The van der Waals surface area contributed by atoms with E-state index in [-0.39, 0.29) is 6.61 Å². The summed E-state index contributed by atoms with van der Waals surface area (Å²) in [6.45, 7) is 5.08. The number of carbonyl (C=O) groups is 1. The molecule has 0 aliphatic heterocycles. The highest BCUT2D eigenvalue weighted by Crippen LogP contribution is 2.25. The fourth-order valence-corrected chi connectivity index (χ4v) is 0.355. The van der Waals surface area contributed by atoms with Crippen LogP contribution in [0.1, 0.15) is 13.3 Å². The largest absolute Gasteiger partial charge is 0.466 e. The van der Waals surface area contributed by atoms with Gasteiger partial charge in [-0.3, -0.25) is 0 Å². The van der Waals surface area contributed by atoms with Crippen molar-refractivity contribution >= 4 is 13.8 Å². The van der Waals surface area contributed by atoms with Gasteiger partial charge in [0.2, 0.25) is 0 Å². The second-order valence-corrected chi connectivity index (χ2v) is 3.44. The highest BCUT2D eigenvalue weighted by Gasteiger charge is 2.02. The maximum absolute atomic E-state index is 10.4. The highest BCUT2D eigenvalue weighted by atomic mass is 31.2. The summed E-state index contributed by atoms with van der Waals surface area (Å²) in [5.41, 5.74) is 0. The normalized spacial score (nSPS) is 12.1. The third kappa shape index (κ3) is 24.6. The van der Waals surface area contributed by atoms with Crippen LogP contribution in [0, 0.1) is 0 Å². The minimum absolute atomic E-state index is 0.0569. The first kappa shape index (κ1) is 16.7. The Kier molecular flexibility index (Phi) is 9.55. The van der Waals surface area contributed by atoms with Gasteiger partial charge < -0.3 is 24.5 Å².